The number of aryl methyl sites for hydroxylation is 1. The smallest absolute Gasteiger partial charge is 0.230 e. The van der Waals surface area contributed by atoms with Gasteiger partial charge in [-0.15, -0.1) is 10.2 Å². The van der Waals surface area contributed by atoms with Gasteiger partial charge in [-0.3, -0.25) is 9.78 Å². The van der Waals surface area contributed by atoms with Crippen LogP contribution in [0.5, 0.6) is 0 Å². The molecule has 140 valence electrons. The van der Waals surface area contributed by atoms with Gasteiger partial charge in [0.25, 0.3) is 0 Å². The molecule has 0 radical (unpaired) electrons. The number of rotatable bonds is 7. The Bertz CT molecular complexity index is 894. The zero-order valence-electron chi connectivity index (χ0n) is 15.3. The first-order chi connectivity index (χ1) is 13.1. The summed E-state index contributed by atoms with van der Waals surface area (Å²) in [5.74, 6) is 6.69. The van der Waals surface area contributed by atoms with E-state index in [-0.39, 0.29) is 17.7 Å². The summed E-state index contributed by atoms with van der Waals surface area (Å²) < 4.78 is 1.38. The van der Waals surface area contributed by atoms with E-state index in [1.165, 1.54) is 22.0 Å². The summed E-state index contributed by atoms with van der Waals surface area (Å²) in [6.45, 7) is 4.09. The van der Waals surface area contributed by atoms with Crippen LogP contribution in [-0.4, -0.2) is 31.5 Å². The van der Waals surface area contributed by atoms with Crippen LogP contribution in [0.4, 0.5) is 0 Å². The van der Waals surface area contributed by atoms with Crippen LogP contribution in [0, 0.1) is 0 Å². The van der Waals surface area contributed by atoms with E-state index in [1.54, 1.807) is 18.5 Å². The summed E-state index contributed by atoms with van der Waals surface area (Å²) in [6.07, 6.45) is 4.34. The van der Waals surface area contributed by atoms with Crippen LogP contribution in [-0.2, 0) is 11.2 Å². The lowest BCUT2D eigenvalue weighted by Gasteiger charge is -2.14. The molecule has 2 aromatic heterocycles. The molecule has 0 fully saturated rings. The number of carbonyl (C=O) groups excluding carboxylic acids is 1. The van der Waals surface area contributed by atoms with E-state index in [2.05, 4.69) is 39.6 Å². The highest BCUT2D eigenvalue weighted by molar-refractivity contribution is 7.99. The zero-order valence-corrected chi connectivity index (χ0v) is 16.1. The van der Waals surface area contributed by atoms with Gasteiger partial charge in [0.1, 0.15) is 0 Å². The maximum absolute atomic E-state index is 12.3. The lowest BCUT2D eigenvalue weighted by molar-refractivity contribution is -0.119. The molecule has 8 heteroatoms. The summed E-state index contributed by atoms with van der Waals surface area (Å²) in [5.41, 5.74) is 3.12. The minimum atomic E-state index is -0.0852. The molecule has 0 saturated carbocycles. The molecular weight excluding hydrogens is 360 g/mol. The molecule has 0 aliphatic carbocycles. The van der Waals surface area contributed by atoms with Crippen molar-refractivity contribution in [2.24, 2.45) is 0 Å². The van der Waals surface area contributed by atoms with E-state index in [0.717, 1.165) is 17.5 Å². The second-order valence-electron chi connectivity index (χ2n) is 6.09. The van der Waals surface area contributed by atoms with Crippen molar-refractivity contribution in [3.05, 3.63) is 59.9 Å². The first kappa shape index (κ1) is 18.9. The number of thioether (sulfide) groups is 1. The van der Waals surface area contributed by atoms with Crippen LogP contribution in [0.3, 0.4) is 0 Å². The van der Waals surface area contributed by atoms with E-state index in [4.69, 9.17) is 5.84 Å². The molecule has 0 unspecified atom stereocenters. The predicted octanol–water partition coefficient (Wildman–Crippen LogP) is 2.59. The summed E-state index contributed by atoms with van der Waals surface area (Å²) >= 11 is 1.25. The van der Waals surface area contributed by atoms with Crippen molar-refractivity contribution in [2.75, 3.05) is 11.6 Å². The predicted molar refractivity (Wildman–Crippen MR) is 107 cm³/mol. The second kappa shape index (κ2) is 8.68. The topological polar surface area (TPSA) is 98.7 Å². The van der Waals surface area contributed by atoms with Gasteiger partial charge in [-0.05, 0) is 36.6 Å². The van der Waals surface area contributed by atoms with Crippen LogP contribution >= 0.6 is 11.8 Å². The summed E-state index contributed by atoms with van der Waals surface area (Å²) in [5, 5.41) is 11.6. The number of nitrogens with two attached hydrogens (primary N) is 1. The molecule has 0 aliphatic rings. The monoisotopic (exact) mass is 382 g/mol. The van der Waals surface area contributed by atoms with Crippen molar-refractivity contribution in [1.29, 1.82) is 0 Å². The number of hydrogen-bond donors (Lipinski definition) is 2. The normalized spacial score (nSPS) is 11.9. The van der Waals surface area contributed by atoms with E-state index in [0.29, 0.717) is 11.0 Å². The van der Waals surface area contributed by atoms with Crippen molar-refractivity contribution < 1.29 is 4.79 Å². The standard InChI is InChI=1S/C19H22N6OS/c1-3-14-6-8-15(9-7-14)13(2)22-17(26)12-27-19-24-23-18(25(19)20)16-5-4-10-21-11-16/h4-11,13H,3,12,20H2,1-2H3,(H,22,26)/t13-/m0/s1. The molecule has 3 rings (SSSR count). The van der Waals surface area contributed by atoms with Gasteiger partial charge in [-0.25, -0.2) is 4.68 Å². The number of amides is 1. The molecule has 3 aromatic rings. The van der Waals surface area contributed by atoms with E-state index in [9.17, 15) is 4.79 Å². The summed E-state index contributed by atoms with van der Waals surface area (Å²) in [6, 6.07) is 11.9. The minimum Gasteiger partial charge on any atom is -0.349 e. The maximum atomic E-state index is 12.3. The van der Waals surface area contributed by atoms with Crippen molar-refractivity contribution >= 4 is 17.7 Å². The zero-order chi connectivity index (χ0) is 19.2. The van der Waals surface area contributed by atoms with Gasteiger partial charge in [0.15, 0.2) is 5.82 Å². The van der Waals surface area contributed by atoms with Crippen LogP contribution in [0.2, 0.25) is 0 Å². The quantitative estimate of drug-likeness (QED) is 0.481. The molecule has 0 saturated heterocycles. The third-order valence-corrected chi connectivity index (χ3v) is 5.13. The molecule has 7 nitrogen and oxygen atoms in total. The Balaban J connectivity index is 1.57. The van der Waals surface area contributed by atoms with Crippen molar-refractivity contribution in [2.45, 2.75) is 31.5 Å². The fourth-order valence-corrected chi connectivity index (χ4v) is 3.27. The molecular formula is C19H22N6OS. The third kappa shape index (κ3) is 4.65. The third-order valence-electron chi connectivity index (χ3n) is 4.18. The fourth-order valence-electron chi connectivity index (χ4n) is 2.61. The van der Waals surface area contributed by atoms with Crippen LogP contribution in [0.25, 0.3) is 11.4 Å². The van der Waals surface area contributed by atoms with Gasteiger partial charge in [0.2, 0.25) is 11.1 Å². The Labute approximate surface area is 162 Å². The number of carbonyl (C=O) groups is 1. The van der Waals surface area contributed by atoms with Gasteiger partial charge in [0, 0.05) is 18.0 Å². The largest absolute Gasteiger partial charge is 0.349 e. The molecule has 0 aliphatic heterocycles. The maximum Gasteiger partial charge on any atom is 0.230 e. The second-order valence-corrected chi connectivity index (χ2v) is 7.03. The Morgan fingerprint density at radius 1 is 1.26 bits per heavy atom. The van der Waals surface area contributed by atoms with Crippen molar-refractivity contribution in [3.63, 3.8) is 0 Å². The lowest BCUT2D eigenvalue weighted by Crippen LogP contribution is -2.28. The Morgan fingerprint density at radius 2 is 2.04 bits per heavy atom. The molecule has 27 heavy (non-hydrogen) atoms. The first-order valence-electron chi connectivity index (χ1n) is 8.70. The van der Waals surface area contributed by atoms with Crippen molar-refractivity contribution in [3.8, 4) is 11.4 Å². The van der Waals surface area contributed by atoms with E-state index in [1.807, 2.05) is 25.1 Å². The lowest BCUT2D eigenvalue weighted by atomic mass is 10.1. The van der Waals surface area contributed by atoms with Gasteiger partial charge in [0.05, 0.1) is 11.8 Å². The van der Waals surface area contributed by atoms with Crippen LogP contribution < -0.4 is 11.2 Å². The van der Waals surface area contributed by atoms with Gasteiger partial charge >= 0.3 is 0 Å². The molecule has 0 bridgehead atoms. The number of hydrogen-bond acceptors (Lipinski definition) is 6. The molecule has 1 atom stereocenters. The van der Waals surface area contributed by atoms with Gasteiger partial charge < -0.3 is 11.2 Å². The highest BCUT2D eigenvalue weighted by atomic mass is 32.2. The highest BCUT2D eigenvalue weighted by Gasteiger charge is 2.15. The summed E-state index contributed by atoms with van der Waals surface area (Å²) in [7, 11) is 0. The van der Waals surface area contributed by atoms with Gasteiger partial charge in [-0.1, -0.05) is 43.0 Å². The van der Waals surface area contributed by atoms with Crippen molar-refractivity contribution in [1.82, 2.24) is 25.2 Å². The fraction of sp³-hybridized carbons (Fsp3) is 0.263. The van der Waals surface area contributed by atoms with Crippen LogP contribution in [0.1, 0.15) is 31.0 Å². The number of nitrogens with one attached hydrogen (secondary N) is 1. The molecule has 2 heterocycles. The van der Waals surface area contributed by atoms with Crippen LogP contribution in [0.15, 0.2) is 53.9 Å². The minimum absolute atomic E-state index is 0.0642. The molecule has 1 aromatic carbocycles. The molecule has 3 N–H and O–H groups in total. The number of pyridine rings is 1. The average molecular weight is 382 g/mol. The summed E-state index contributed by atoms with van der Waals surface area (Å²) in [4.78, 5) is 16.3. The van der Waals surface area contributed by atoms with E-state index < -0.39 is 0 Å². The number of benzene rings is 1. The van der Waals surface area contributed by atoms with Gasteiger partial charge in [-0.2, -0.15) is 0 Å². The van der Waals surface area contributed by atoms with E-state index >= 15 is 0 Å². The number of aromatic nitrogens is 4. The SMILES string of the molecule is CCc1ccc([C@H](C)NC(=O)CSc2nnc(-c3cccnc3)n2N)cc1. The average Bonchev–Trinajstić information content (AvgIpc) is 3.07. The first-order valence-corrected chi connectivity index (χ1v) is 9.69. The number of nitrogens with zero attached hydrogens (tertiary/aromatic N) is 4. The Hall–Kier alpha value is -2.87. The highest BCUT2D eigenvalue weighted by Crippen LogP contribution is 2.21. The Kier molecular flexibility index (Phi) is 6.08. The number of nitrogen functional groups attached to an aromatic ring is 1. The molecule has 1 amide bonds. The molecule has 0 spiro atoms. The Morgan fingerprint density at radius 3 is 2.70 bits per heavy atom.